The van der Waals surface area contributed by atoms with E-state index >= 15 is 0 Å². The minimum atomic E-state index is -3.83. The van der Waals surface area contributed by atoms with Gasteiger partial charge in [-0.25, -0.2) is 13.2 Å². The van der Waals surface area contributed by atoms with E-state index in [1.165, 1.54) is 17.4 Å². The van der Waals surface area contributed by atoms with Gasteiger partial charge < -0.3 is 5.11 Å². The van der Waals surface area contributed by atoms with Crippen LogP contribution in [0.15, 0.2) is 17.0 Å². The van der Waals surface area contributed by atoms with Crippen LogP contribution in [-0.4, -0.2) is 36.9 Å². The second-order valence-corrected chi connectivity index (χ2v) is 7.10. The molecular formula is C11H11Cl2NO4S. The summed E-state index contributed by atoms with van der Waals surface area (Å²) in [5, 5.41) is 8.69. The summed E-state index contributed by atoms with van der Waals surface area (Å²) in [6.45, 7) is 0. The van der Waals surface area contributed by atoms with Gasteiger partial charge in [-0.15, -0.1) is 0 Å². The molecule has 1 aliphatic rings. The van der Waals surface area contributed by atoms with Crippen LogP contribution in [0.3, 0.4) is 0 Å². The Kier molecular flexibility index (Phi) is 3.79. The van der Waals surface area contributed by atoms with E-state index in [0.29, 0.717) is 0 Å². The maximum atomic E-state index is 12.4. The zero-order valence-corrected chi connectivity index (χ0v) is 12.3. The fraction of sp³-hybridized carbons (Fsp3) is 0.364. The van der Waals surface area contributed by atoms with Crippen molar-refractivity contribution in [2.24, 2.45) is 0 Å². The number of aromatic carboxylic acids is 1. The monoisotopic (exact) mass is 323 g/mol. The molecule has 8 heteroatoms. The smallest absolute Gasteiger partial charge is 0.337 e. The van der Waals surface area contributed by atoms with Crippen LogP contribution in [0.2, 0.25) is 10.0 Å². The molecule has 0 bridgehead atoms. The molecule has 1 aromatic rings. The molecule has 0 amide bonds. The number of hydrogen-bond donors (Lipinski definition) is 1. The highest BCUT2D eigenvalue weighted by atomic mass is 35.5. The first-order valence-corrected chi connectivity index (χ1v) is 7.65. The summed E-state index contributed by atoms with van der Waals surface area (Å²) in [6, 6.07) is 2.25. The Balaban J connectivity index is 2.58. The van der Waals surface area contributed by atoms with Crippen molar-refractivity contribution in [2.75, 3.05) is 7.05 Å². The highest BCUT2D eigenvalue weighted by Crippen LogP contribution is 2.35. The number of benzene rings is 1. The average molecular weight is 324 g/mol. The number of hydrogen-bond acceptors (Lipinski definition) is 3. The van der Waals surface area contributed by atoms with Crippen molar-refractivity contribution < 1.29 is 18.3 Å². The van der Waals surface area contributed by atoms with Crippen molar-refractivity contribution in [3.63, 3.8) is 0 Å². The van der Waals surface area contributed by atoms with E-state index in [4.69, 9.17) is 28.3 Å². The molecule has 1 aromatic carbocycles. The molecular weight excluding hydrogens is 313 g/mol. The van der Waals surface area contributed by atoms with Crippen molar-refractivity contribution in [1.82, 2.24) is 4.31 Å². The normalized spacial score (nSPS) is 15.8. The first-order chi connectivity index (χ1) is 8.75. The van der Waals surface area contributed by atoms with Crippen LogP contribution >= 0.6 is 23.2 Å². The SMILES string of the molecule is CN(C1CC1)S(=O)(=O)c1cc(Cl)cc(C(=O)O)c1Cl. The molecule has 1 aliphatic carbocycles. The van der Waals surface area contributed by atoms with Gasteiger partial charge >= 0.3 is 5.97 Å². The average Bonchev–Trinajstić information content (AvgIpc) is 3.14. The molecule has 104 valence electrons. The van der Waals surface area contributed by atoms with Gasteiger partial charge in [0.05, 0.1) is 10.6 Å². The van der Waals surface area contributed by atoms with E-state index < -0.39 is 16.0 Å². The predicted molar refractivity (Wildman–Crippen MR) is 71.4 cm³/mol. The first-order valence-electron chi connectivity index (χ1n) is 5.45. The maximum Gasteiger partial charge on any atom is 0.337 e. The Morgan fingerprint density at radius 3 is 2.42 bits per heavy atom. The van der Waals surface area contributed by atoms with Gasteiger partial charge in [0, 0.05) is 18.1 Å². The van der Waals surface area contributed by atoms with Crippen molar-refractivity contribution in [2.45, 2.75) is 23.8 Å². The van der Waals surface area contributed by atoms with Crippen LogP contribution in [0.5, 0.6) is 0 Å². The molecule has 1 N–H and O–H groups in total. The van der Waals surface area contributed by atoms with Crippen LogP contribution in [0.25, 0.3) is 0 Å². The third-order valence-corrected chi connectivity index (χ3v) is 5.62. The highest BCUT2D eigenvalue weighted by Gasteiger charge is 2.37. The zero-order valence-electron chi connectivity index (χ0n) is 9.93. The lowest BCUT2D eigenvalue weighted by Gasteiger charge is -2.18. The van der Waals surface area contributed by atoms with Gasteiger partial charge in [-0.05, 0) is 25.0 Å². The van der Waals surface area contributed by atoms with Gasteiger partial charge in [0.2, 0.25) is 10.0 Å². The minimum Gasteiger partial charge on any atom is -0.478 e. The maximum absolute atomic E-state index is 12.4. The van der Waals surface area contributed by atoms with E-state index in [-0.39, 0.29) is 26.5 Å². The second kappa shape index (κ2) is 4.94. The Bertz CT molecular complexity index is 640. The Morgan fingerprint density at radius 1 is 1.37 bits per heavy atom. The lowest BCUT2D eigenvalue weighted by molar-refractivity contribution is 0.0697. The summed E-state index contributed by atoms with van der Waals surface area (Å²) in [6.07, 6.45) is 1.58. The van der Waals surface area contributed by atoms with E-state index in [1.807, 2.05) is 0 Å². The predicted octanol–water partition coefficient (Wildman–Crippen LogP) is 2.47. The summed E-state index contributed by atoms with van der Waals surface area (Å²) in [7, 11) is -2.38. The van der Waals surface area contributed by atoms with Gasteiger partial charge in [-0.2, -0.15) is 4.31 Å². The highest BCUT2D eigenvalue weighted by molar-refractivity contribution is 7.89. The number of halogens is 2. The number of nitrogens with zero attached hydrogens (tertiary/aromatic N) is 1. The van der Waals surface area contributed by atoms with Crippen molar-refractivity contribution in [1.29, 1.82) is 0 Å². The topological polar surface area (TPSA) is 74.7 Å². The quantitative estimate of drug-likeness (QED) is 0.923. The van der Waals surface area contributed by atoms with Crippen LogP contribution in [0.4, 0.5) is 0 Å². The molecule has 1 fully saturated rings. The Hall–Kier alpha value is -0.820. The fourth-order valence-corrected chi connectivity index (χ4v) is 3.99. The summed E-state index contributed by atoms with van der Waals surface area (Å²) in [5.74, 6) is -1.32. The molecule has 0 unspecified atom stereocenters. The zero-order chi connectivity index (χ0) is 14.4. The van der Waals surface area contributed by atoms with E-state index in [2.05, 4.69) is 0 Å². The number of carboxylic acids is 1. The van der Waals surface area contributed by atoms with Crippen LogP contribution in [0, 0.1) is 0 Å². The molecule has 0 spiro atoms. The standard InChI is InChI=1S/C11H11Cl2NO4S/c1-14(7-2-3-7)19(17,18)9-5-6(12)4-8(10(9)13)11(15)16/h4-5,7H,2-3H2,1H3,(H,15,16). The summed E-state index contributed by atoms with van der Waals surface area (Å²) >= 11 is 11.7. The Labute approximate surface area is 120 Å². The summed E-state index contributed by atoms with van der Waals surface area (Å²) in [5.41, 5.74) is -0.322. The molecule has 0 aliphatic heterocycles. The largest absolute Gasteiger partial charge is 0.478 e. The summed E-state index contributed by atoms with van der Waals surface area (Å²) in [4.78, 5) is 10.7. The fourth-order valence-electron chi connectivity index (χ4n) is 1.70. The lowest BCUT2D eigenvalue weighted by atomic mass is 10.2. The van der Waals surface area contributed by atoms with Gasteiger partial charge in [0.25, 0.3) is 0 Å². The molecule has 1 saturated carbocycles. The third-order valence-electron chi connectivity index (χ3n) is 2.95. The first kappa shape index (κ1) is 14.6. The van der Waals surface area contributed by atoms with Crippen LogP contribution < -0.4 is 0 Å². The van der Waals surface area contributed by atoms with Gasteiger partial charge in [-0.1, -0.05) is 23.2 Å². The van der Waals surface area contributed by atoms with Crippen molar-refractivity contribution >= 4 is 39.2 Å². The molecule has 0 radical (unpaired) electrons. The van der Waals surface area contributed by atoms with Crippen LogP contribution in [-0.2, 0) is 10.0 Å². The molecule has 2 rings (SSSR count). The number of carbonyl (C=O) groups is 1. The third kappa shape index (κ3) is 2.72. The van der Waals surface area contributed by atoms with Gasteiger partial charge in [0.1, 0.15) is 4.90 Å². The minimum absolute atomic E-state index is 0.0181. The Morgan fingerprint density at radius 2 is 1.95 bits per heavy atom. The van der Waals surface area contributed by atoms with Gasteiger partial charge in [0.15, 0.2) is 0 Å². The molecule has 0 aromatic heterocycles. The van der Waals surface area contributed by atoms with E-state index in [9.17, 15) is 13.2 Å². The van der Waals surface area contributed by atoms with Crippen LogP contribution in [0.1, 0.15) is 23.2 Å². The molecule has 19 heavy (non-hydrogen) atoms. The molecule has 0 atom stereocenters. The number of carboxylic acid groups (broad SMARTS) is 1. The van der Waals surface area contributed by atoms with Crippen molar-refractivity contribution in [3.8, 4) is 0 Å². The number of sulfonamides is 1. The van der Waals surface area contributed by atoms with E-state index in [1.54, 1.807) is 0 Å². The number of rotatable bonds is 4. The van der Waals surface area contributed by atoms with Crippen molar-refractivity contribution in [3.05, 3.63) is 27.7 Å². The van der Waals surface area contributed by atoms with Gasteiger partial charge in [-0.3, -0.25) is 0 Å². The molecule has 0 heterocycles. The summed E-state index contributed by atoms with van der Waals surface area (Å²) < 4.78 is 25.9. The second-order valence-electron chi connectivity index (χ2n) is 4.32. The van der Waals surface area contributed by atoms with E-state index in [0.717, 1.165) is 18.9 Å². The molecule has 5 nitrogen and oxygen atoms in total. The lowest BCUT2D eigenvalue weighted by Crippen LogP contribution is -2.29. The molecule has 0 saturated heterocycles.